The summed E-state index contributed by atoms with van der Waals surface area (Å²) in [5.41, 5.74) is 13.4. The molecule has 1 fully saturated rings. The molecule has 2 aromatic carbocycles. The third-order valence-corrected chi connectivity index (χ3v) is 5.22. The molecule has 0 radical (unpaired) electrons. The molecule has 1 atom stereocenters. The van der Waals surface area contributed by atoms with Gasteiger partial charge in [-0.3, -0.25) is 9.59 Å². The minimum Gasteiger partial charge on any atom is -0.490 e. The molecule has 0 aromatic heterocycles. The number of hydrogen-bond donors (Lipinski definition) is 4. The van der Waals surface area contributed by atoms with E-state index in [0.29, 0.717) is 12.1 Å². The number of ether oxygens (including phenoxy) is 1. The Balaban J connectivity index is 1.57. The second-order valence-electron chi connectivity index (χ2n) is 7.63. The number of benzene rings is 2. The van der Waals surface area contributed by atoms with Crippen molar-refractivity contribution < 1.29 is 19.4 Å². The molecule has 1 saturated carbocycles. The van der Waals surface area contributed by atoms with Gasteiger partial charge < -0.3 is 26.6 Å². The topological polar surface area (TPSA) is 140 Å². The predicted octanol–water partition coefficient (Wildman–Crippen LogP) is 2.21. The fraction of sp³-hybridized carbons (Fsp3) is 0.348. The molecule has 2 aromatic rings. The van der Waals surface area contributed by atoms with Crippen molar-refractivity contribution in [1.82, 2.24) is 5.32 Å². The molecular weight excluding hydrogens is 396 g/mol. The second-order valence-corrected chi connectivity index (χ2v) is 7.63. The van der Waals surface area contributed by atoms with Crippen molar-refractivity contribution in [3.05, 3.63) is 65.2 Å². The Labute approximate surface area is 181 Å². The van der Waals surface area contributed by atoms with E-state index in [1.165, 1.54) is 12.8 Å². The Bertz CT molecular complexity index is 937. The minimum atomic E-state index is -1.07. The van der Waals surface area contributed by atoms with Crippen molar-refractivity contribution in [2.45, 2.75) is 50.8 Å². The maximum Gasteiger partial charge on any atom is 0.320 e. The monoisotopic (exact) mass is 424 g/mol. The highest BCUT2D eigenvalue weighted by molar-refractivity contribution is 6.02. The third kappa shape index (κ3) is 6.55. The van der Waals surface area contributed by atoms with Gasteiger partial charge in [0.2, 0.25) is 0 Å². The summed E-state index contributed by atoms with van der Waals surface area (Å²) < 4.78 is 6.11. The first-order valence-corrected chi connectivity index (χ1v) is 10.4. The number of amides is 1. The van der Waals surface area contributed by atoms with Crippen LogP contribution in [0, 0.1) is 0 Å². The first kappa shape index (κ1) is 22.3. The first-order valence-electron chi connectivity index (χ1n) is 10.4. The second kappa shape index (κ2) is 10.6. The number of nitrogens with zero attached hydrogens (tertiary/aromatic N) is 1. The zero-order chi connectivity index (χ0) is 22.2. The van der Waals surface area contributed by atoms with Crippen LogP contribution in [-0.2, 0) is 17.8 Å². The maximum atomic E-state index is 12.4. The molecule has 1 amide bonds. The number of para-hydroxylation sites is 1. The summed E-state index contributed by atoms with van der Waals surface area (Å²) in [6, 6.07) is 13.2. The van der Waals surface area contributed by atoms with Crippen LogP contribution in [0.5, 0.6) is 5.75 Å². The van der Waals surface area contributed by atoms with Gasteiger partial charge >= 0.3 is 5.97 Å². The Kier molecular flexibility index (Phi) is 7.61. The molecular formula is C23H28N4O4. The summed E-state index contributed by atoms with van der Waals surface area (Å²) in [7, 11) is 0. The van der Waals surface area contributed by atoms with Crippen LogP contribution in [-0.4, -0.2) is 35.1 Å². The van der Waals surface area contributed by atoms with E-state index < -0.39 is 17.9 Å². The molecule has 31 heavy (non-hydrogen) atoms. The summed E-state index contributed by atoms with van der Waals surface area (Å²) in [5.74, 6) is -0.734. The van der Waals surface area contributed by atoms with E-state index in [1.54, 1.807) is 24.3 Å². The number of carboxylic acids is 1. The van der Waals surface area contributed by atoms with Crippen LogP contribution in [0.1, 0.15) is 47.2 Å². The lowest BCUT2D eigenvalue weighted by Crippen LogP contribution is -2.32. The highest BCUT2D eigenvalue weighted by atomic mass is 16.5. The van der Waals surface area contributed by atoms with Gasteiger partial charge in [-0.05, 0) is 55.9 Å². The van der Waals surface area contributed by atoms with Crippen molar-refractivity contribution in [1.29, 1.82) is 0 Å². The van der Waals surface area contributed by atoms with E-state index >= 15 is 0 Å². The standard InChI is InChI=1S/C23H28N4O4/c24-19(22(29)30)13-15-9-11-16(12-10-15)21(28)27-23(25)26-14-17-5-1-4-8-20(17)31-18-6-2-3-7-18/h1,4-5,8-12,18-19H,2-3,6-7,13-14,24H2,(H,29,30)(H3,25,26,27,28)/t19-/m0/s1. The van der Waals surface area contributed by atoms with E-state index in [0.717, 1.165) is 29.7 Å². The summed E-state index contributed by atoms with van der Waals surface area (Å²) in [4.78, 5) is 27.1. The number of carbonyl (C=O) groups is 2. The molecule has 0 bridgehead atoms. The lowest BCUT2D eigenvalue weighted by molar-refractivity contribution is -0.138. The lowest BCUT2D eigenvalue weighted by Gasteiger charge is -2.17. The van der Waals surface area contributed by atoms with Crippen LogP contribution in [0.15, 0.2) is 53.5 Å². The normalized spacial score (nSPS) is 15.5. The summed E-state index contributed by atoms with van der Waals surface area (Å²) in [6.45, 7) is 0.386. The van der Waals surface area contributed by atoms with Crippen LogP contribution in [0.2, 0.25) is 0 Å². The summed E-state index contributed by atoms with van der Waals surface area (Å²) in [5, 5.41) is 11.8. The molecule has 1 aliphatic rings. The zero-order valence-corrected chi connectivity index (χ0v) is 17.3. The molecule has 8 nitrogen and oxygen atoms in total. The highest BCUT2D eigenvalue weighted by Gasteiger charge is 2.18. The Hall–Kier alpha value is -3.39. The average Bonchev–Trinajstić information content (AvgIpc) is 3.26. The van der Waals surface area contributed by atoms with E-state index in [1.807, 2.05) is 24.3 Å². The quantitative estimate of drug-likeness (QED) is 0.376. The number of nitrogens with two attached hydrogens (primary N) is 2. The number of carbonyl (C=O) groups excluding carboxylic acids is 1. The SMILES string of the molecule is N/C(=N\C(=O)c1ccc(C[C@H](N)C(=O)O)cc1)NCc1ccccc1OC1CCCC1. The number of rotatable bonds is 8. The molecule has 0 spiro atoms. The Morgan fingerprint density at radius 1 is 1.13 bits per heavy atom. The molecule has 3 rings (SSSR count). The van der Waals surface area contributed by atoms with Gasteiger partial charge in [-0.15, -0.1) is 0 Å². The van der Waals surface area contributed by atoms with Gasteiger partial charge in [-0.25, -0.2) is 0 Å². The molecule has 0 aliphatic heterocycles. The number of nitrogens with one attached hydrogen (secondary N) is 1. The minimum absolute atomic E-state index is 0.0117. The van der Waals surface area contributed by atoms with Gasteiger partial charge in [0.15, 0.2) is 5.96 Å². The van der Waals surface area contributed by atoms with E-state index in [4.69, 9.17) is 21.3 Å². The fourth-order valence-corrected chi connectivity index (χ4v) is 3.47. The molecule has 1 aliphatic carbocycles. The fourth-order valence-electron chi connectivity index (χ4n) is 3.47. The van der Waals surface area contributed by atoms with Crippen molar-refractivity contribution in [2.24, 2.45) is 16.5 Å². The van der Waals surface area contributed by atoms with Crippen LogP contribution in [0.4, 0.5) is 0 Å². The molecule has 8 heteroatoms. The maximum absolute atomic E-state index is 12.4. The lowest BCUT2D eigenvalue weighted by atomic mass is 10.0. The van der Waals surface area contributed by atoms with E-state index in [2.05, 4.69) is 10.3 Å². The third-order valence-electron chi connectivity index (χ3n) is 5.22. The van der Waals surface area contributed by atoms with E-state index in [9.17, 15) is 9.59 Å². The number of hydrogen-bond acceptors (Lipinski definition) is 4. The van der Waals surface area contributed by atoms with Crippen LogP contribution in [0.3, 0.4) is 0 Å². The van der Waals surface area contributed by atoms with Crippen molar-refractivity contribution >= 4 is 17.8 Å². The van der Waals surface area contributed by atoms with E-state index in [-0.39, 0.29) is 18.5 Å². The van der Waals surface area contributed by atoms with Crippen LogP contribution >= 0.6 is 0 Å². The number of carboxylic acid groups (broad SMARTS) is 1. The van der Waals surface area contributed by atoms with Crippen LogP contribution < -0.4 is 21.5 Å². The van der Waals surface area contributed by atoms with Gasteiger partial charge in [-0.1, -0.05) is 30.3 Å². The molecule has 164 valence electrons. The van der Waals surface area contributed by atoms with Crippen molar-refractivity contribution in [2.75, 3.05) is 0 Å². The molecule has 0 unspecified atom stereocenters. The summed E-state index contributed by atoms with van der Waals surface area (Å²) >= 11 is 0. The predicted molar refractivity (Wildman–Crippen MR) is 118 cm³/mol. The van der Waals surface area contributed by atoms with Crippen molar-refractivity contribution in [3.63, 3.8) is 0 Å². The number of aliphatic imine (C=N–C) groups is 1. The van der Waals surface area contributed by atoms with Gasteiger partial charge in [-0.2, -0.15) is 4.99 Å². The zero-order valence-electron chi connectivity index (χ0n) is 17.3. The Morgan fingerprint density at radius 2 is 1.81 bits per heavy atom. The van der Waals surface area contributed by atoms with Gasteiger partial charge in [0, 0.05) is 17.7 Å². The average molecular weight is 425 g/mol. The van der Waals surface area contributed by atoms with Crippen LogP contribution in [0.25, 0.3) is 0 Å². The summed E-state index contributed by atoms with van der Waals surface area (Å²) in [6.07, 6.45) is 4.96. The highest BCUT2D eigenvalue weighted by Crippen LogP contribution is 2.26. The first-order chi connectivity index (χ1) is 14.9. The number of guanidine groups is 1. The Morgan fingerprint density at radius 3 is 2.48 bits per heavy atom. The van der Waals surface area contributed by atoms with Gasteiger partial charge in [0.05, 0.1) is 6.10 Å². The van der Waals surface area contributed by atoms with Crippen molar-refractivity contribution in [3.8, 4) is 5.75 Å². The number of aliphatic carboxylic acids is 1. The van der Waals surface area contributed by atoms with Gasteiger partial charge in [0.25, 0.3) is 5.91 Å². The van der Waals surface area contributed by atoms with Gasteiger partial charge in [0.1, 0.15) is 11.8 Å². The smallest absolute Gasteiger partial charge is 0.320 e. The molecule has 0 saturated heterocycles. The molecule has 6 N–H and O–H groups in total. The molecule has 0 heterocycles. The largest absolute Gasteiger partial charge is 0.490 e.